The fraction of sp³-hybridized carbons (Fsp3) is 0.133. The maximum absolute atomic E-state index is 10.1. The fourth-order valence-electron chi connectivity index (χ4n) is 3.11. The Bertz CT molecular complexity index is 1210. The average molecular weight is 697 g/mol. The van der Waals surface area contributed by atoms with Gasteiger partial charge in [-0.2, -0.15) is 0 Å². The van der Waals surface area contributed by atoms with Gasteiger partial charge >= 0.3 is 25.8 Å². The Hall–Kier alpha value is -2.11. The van der Waals surface area contributed by atoms with Crippen molar-refractivity contribution in [3.8, 4) is 0 Å². The molecule has 5 aromatic carbocycles. The minimum absolute atomic E-state index is 0. The Morgan fingerprint density at radius 2 is 0.944 bits per heavy atom. The molecule has 36 heavy (non-hydrogen) atoms. The van der Waals surface area contributed by atoms with Crippen LogP contribution in [0.3, 0.4) is 0 Å². The normalized spacial score (nSPS) is 9.75. The number of halogens is 2. The van der Waals surface area contributed by atoms with E-state index >= 15 is 0 Å². The second-order valence-corrected chi connectivity index (χ2v) is 10.2. The summed E-state index contributed by atoms with van der Waals surface area (Å²) in [7, 11) is 0.777. The van der Waals surface area contributed by atoms with E-state index in [9.17, 15) is 4.79 Å². The Morgan fingerprint density at radius 3 is 1.28 bits per heavy atom. The first-order chi connectivity index (χ1) is 15.8. The molecule has 0 spiro atoms. The monoisotopic (exact) mass is 697 g/mol. The molecule has 0 aromatic heterocycles. The third kappa shape index (κ3) is 10.5. The number of rotatable bonds is 2. The third-order valence-electron chi connectivity index (χ3n) is 5.04. The minimum atomic E-state index is -0.507. The molecule has 2 nitrogen and oxygen atoms in total. The van der Waals surface area contributed by atoms with Gasteiger partial charge in [-0.3, -0.25) is 0 Å². The molecule has 5 aromatic rings. The fourth-order valence-corrected chi connectivity index (χ4v) is 4.17. The van der Waals surface area contributed by atoms with Gasteiger partial charge in [-0.15, -0.1) is 39.7 Å². The van der Waals surface area contributed by atoms with E-state index in [1.807, 2.05) is 0 Å². The van der Waals surface area contributed by atoms with Crippen LogP contribution < -0.4 is 35.2 Å². The van der Waals surface area contributed by atoms with Crippen LogP contribution in [0.15, 0.2) is 115 Å². The van der Waals surface area contributed by atoms with Crippen LogP contribution in [0.2, 0.25) is 0 Å². The van der Waals surface area contributed by atoms with Gasteiger partial charge in [0.1, 0.15) is 9.52 Å². The molecular formula is C30H29Cl2HfNOSi. The molecule has 6 heteroatoms. The molecule has 0 atom stereocenters. The molecule has 182 valence electrons. The Morgan fingerprint density at radius 1 is 0.639 bits per heavy atom. The SMILES string of the molecule is CC(C)(C)C([NH-])=O.[Cl-].[Cl-].[Hf+4].c1ccc([Si]c2ccccc2)cc1.c1ccc2c(c1)[cH-]c1ccccc12. The van der Waals surface area contributed by atoms with Crippen molar-refractivity contribution in [3.05, 3.63) is 121 Å². The molecule has 1 N–H and O–H groups in total. The van der Waals surface area contributed by atoms with Crippen molar-refractivity contribution in [2.24, 2.45) is 5.41 Å². The van der Waals surface area contributed by atoms with E-state index in [1.54, 1.807) is 20.8 Å². The van der Waals surface area contributed by atoms with Gasteiger partial charge in [0.15, 0.2) is 0 Å². The number of fused-ring (bicyclic) bond motifs is 3. The maximum Gasteiger partial charge on any atom is 4.00 e. The van der Waals surface area contributed by atoms with E-state index in [4.69, 9.17) is 5.73 Å². The van der Waals surface area contributed by atoms with Crippen molar-refractivity contribution in [2.75, 3.05) is 0 Å². The van der Waals surface area contributed by atoms with Crippen LogP contribution in [0.4, 0.5) is 0 Å². The summed E-state index contributed by atoms with van der Waals surface area (Å²) >= 11 is 0. The van der Waals surface area contributed by atoms with Crippen LogP contribution in [0.5, 0.6) is 0 Å². The number of nitrogens with one attached hydrogen (secondary N) is 1. The largest absolute Gasteiger partial charge is 4.00 e. The number of benzene rings is 4. The quantitative estimate of drug-likeness (QED) is 0.198. The van der Waals surface area contributed by atoms with Gasteiger partial charge in [-0.25, -0.2) is 0 Å². The molecule has 5 rings (SSSR count). The second kappa shape index (κ2) is 16.6. The summed E-state index contributed by atoms with van der Waals surface area (Å²) in [6, 6.07) is 40.4. The average Bonchev–Trinajstić information content (AvgIpc) is 3.19. The predicted molar refractivity (Wildman–Crippen MR) is 144 cm³/mol. The molecule has 0 heterocycles. The molecular weight excluding hydrogens is 668 g/mol. The van der Waals surface area contributed by atoms with Crippen molar-refractivity contribution in [1.82, 2.24) is 0 Å². The number of hydrogen-bond donors (Lipinski definition) is 0. The molecule has 0 aliphatic rings. The summed E-state index contributed by atoms with van der Waals surface area (Å²) in [5.74, 6) is -0.507. The summed E-state index contributed by atoms with van der Waals surface area (Å²) in [5.41, 5.74) is 6.12. The van der Waals surface area contributed by atoms with Crippen LogP contribution in [0, 0.1) is 5.41 Å². The smallest absolute Gasteiger partial charge is 1.00 e. The van der Waals surface area contributed by atoms with Crippen molar-refractivity contribution >= 4 is 47.3 Å². The number of hydrogen-bond acceptors (Lipinski definition) is 1. The molecule has 0 saturated carbocycles. The van der Waals surface area contributed by atoms with Crippen molar-refractivity contribution < 1.29 is 55.5 Å². The Kier molecular flexibility index (Phi) is 15.6. The van der Waals surface area contributed by atoms with Crippen molar-refractivity contribution in [3.63, 3.8) is 0 Å². The van der Waals surface area contributed by atoms with Crippen LogP contribution in [0.25, 0.3) is 27.3 Å². The van der Waals surface area contributed by atoms with Gasteiger partial charge in [0.25, 0.3) is 0 Å². The number of carbonyl (C=O) groups is 1. The van der Waals surface area contributed by atoms with Crippen LogP contribution in [-0.4, -0.2) is 15.4 Å². The molecule has 0 unspecified atom stereocenters. The summed E-state index contributed by atoms with van der Waals surface area (Å²) in [4.78, 5) is 10.1. The molecule has 2 radical (unpaired) electrons. The topological polar surface area (TPSA) is 40.9 Å². The summed E-state index contributed by atoms with van der Waals surface area (Å²) in [6.45, 7) is 5.17. The first kappa shape index (κ1) is 33.9. The zero-order valence-electron chi connectivity index (χ0n) is 20.6. The van der Waals surface area contributed by atoms with E-state index in [-0.39, 0.29) is 50.7 Å². The van der Waals surface area contributed by atoms with E-state index in [1.165, 1.54) is 31.9 Å². The van der Waals surface area contributed by atoms with E-state index in [0.717, 1.165) is 9.52 Å². The van der Waals surface area contributed by atoms with Crippen LogP contribution in [0.1, 0.15) is 20.8 Å². The van der Waals surface area contributed by atoms with Crippen molar-refractivity contribution in [2.45, 2.75) is 20.8 Å². The zero-order chi connectivity index (χ0) is 23.7. The van der Waals surface area contributed by atoms with Gasteiger partial charge in [0, 0.05) is 5.41 Å². The molecule has 1 amide bonds. The second-order valence-electron chi connectivity index (χ2n) is 8.76. The van der Waals surface area contributed by atoms with Crippen LogP contribution in [-0.2, 0) is 30.6 Å². The summed E-state index contributed by atoms with van der Waals surface area (Å²) in [6.07, 6.45) is 0. The molecule has 0 aliphatic heterocycles. The third-order valence-corrected chi connectivity index (χ3v) is 6.28. The predicted octanol–water partition coefficient (Wildman–Crippen LogP) is 0.670. The van der Waals surface area contributed by atoms with Gasteiger partial charge in [-0.1, -0.05) is 128 Å². The molecule has 0 aliphatic carbocycles. The first-order valence-corrected chi connectivity index (χ1v) is 12.0. The number of carbonyl (C=O) groups excluding carboxylic acids is 1. The molecule has 0 fully saturated rings. The van der Waals surface area contributed by atoms with Crippen LogP contribution >= 0.6 is 0 Å². The Balaban J connectivity index is 0.000000514. The molecule has 0 saturated heterocycles. The Labute approximate surface area is 248 Å². The first-order valence-electron chi connectivity index (χ1n) is 11.0. The van der Waals surface area contributed by atoms with Crippen molar-refractivity contribution in [1.29, 1.82) is 0 Å². The summed E-state index contributed by atoms with van der Waals surface area (Å²) in [5, 5.41) is 8.19. The standard InChI is InChI=1S/C13H9.C12H10Si.C5H11NO.2ClH.Hf/c1-3-7-12-10(5-1)9-11-6-2-4-8-13(11)12;1-3-7-11(8-4-1)13-12-9-5-2-6-10-12;1-5(2,3)4(6)7;;;/h1-9H;1-10H;1-3H3,(H2,6,7);2*1H;/q-1;;;;;+4/p-3. The van der Waals surface area contributed by atoms with E-state index < -0.39 is 11.3 Å². The minimum Gasteiger partial charge on any atom is -1.00 e. The van der Waals surface area contributed by atoms with Gasteiger partial charge < -0.3 is 35.3 Å². The van der Waals surface area contributed by atoms with Gasteiger partial charge in [0.05, 0.1) is 5.91 Å². The number of amides is 1. The zero-order valence-corrected chi connectivity index (χ0v) is 26.7. The maximum atomic E-state index is 10.1. The van der Waals surface area contributed by atoms with Gasteiger partial charge in [-0.05, 0) is 0 Å². The molecule has 0 bridgehead atoms. The van der Waals surface area contributed by atoms with Gasteiger partial charge in [0.2, 0.25) is 0 Å². The van der Waals surface area contributed by atoms with E-state index in [0.29, 0.717) is 0 Å². The summed E-state index contributed by atoms with van der Waals surface area (Å²) < 4.78 is 0. The van der Waals surface area contributed by atoms with E-state index in [2.05, 4.69) is 115 Å².